The van der Waals surface area contributed by atoms with E-state index in [2.05, 4.69) is 31.1 Å². The van der Waals surface area contributed by atoms with E-state index in [1.807, 2.05) is 54.0 Å². The first-order chi connectivity index (χ1) is 17.2. The number of hydrogen-bond donors (Lipinski definition) is 1. The van der Waals surface area contributed by atoms with Crippen molar-refractivity contribution in [2.45, 2.75) is 46.5 Å². The number of aliphatic carboxylic acids is 1. The van der Waals surface area contributed by atoms with Crippen molar-refractivity contribution >= 4 is 33.3 Å². The highest BCUT2D eigenvalue weighted by molar-refractivity contribution is 6.08. The van der Waals surface area contributed by atoms with Crippen molar-refractivity contribution in [1.82, 2.24) is 19.8 Å². The minimum absolute atomic E-state index is 0.177. The molecule has 1 aliphatic heterocycles. The van der Waals surface area contributed by atoms with Gasteiger partial charge in [-0.1, -0.05) is 26.0 Å². The average molecular weight is 481 g/mol. The Hall–Kier alpha value is -4.00. The number of hydrogen-bond acceptors (Lipinski definition) is 5. The van der Waals surface area contributed by atoms with E-state index >= 15 is 0 Å². The first-order valence-electron chi connectivity index (χ1n) is 12.3. The fourth-order valence-electron chi connectivity index (χ4n) is 5.66. The number of aromatic nitrogens is 4. The zero-order valence-corrected chi connectivity index (χ0v) is 20.9. The van der Waals surface area contributed by atoms with Gasteiger partial charge in [0.1, 0.15) is 5.75 Å². The number of carboxylic acid groups (broad SMARTS) is 1. The van der Waals surface area contributed by atoms with Crippen molar-refractivity contribution < 1.29 is 14.6 Å². The molecule has 1 N–H and O–H groups in total. The Morgan fingerprint density at radius 2 is 2.03 bits per heavy atom. The highest BCUT2D eigenvalue weighted by Gasteiger charge is 2.32. The van der Waals surface area contributed by atoms with E-state index in [9.17, 15) is 9.90 Å². The van der Waals surface area contributed by atoms with Gasteiger partial charge in [0.2, 0.25) is 0 Å². The molecule has 0 spiro atoms. The molecule has 0 amide bonds. The Bertz CT molecular complexity index is 1670. The van der Waals surface area contributed by atoms with E-state index in [-0.39, 0.29) is 5.41 Å². The highest BCUT2D eigenvalue weighted by atomic mass is 16.5. The summed E-state index contributed by atoms with van der Waals surface area (Å²) >= 11 is 0. The molecule has 0 saturated heterocycles. The third-order valence-corrected chi connectivity index (χ3v) is 7.12. The number of pyridine rings is 2. The van der Waals surface area contributed by atoms with Crippen LogP contribution in [-0.4, -0.2) is 37.5 Å². The van der Waals surface area contributed by atoms with E-state index in [1.54, 1.807) is 6.20 Å². The number of aryl methyl sites for hydroxylation is 1. The van der Waals surface area contributed by atoms with E-state index in [4.69, 9.17) is 9.72 Å². The first-order valence-corrected chi connectivity index (χ1v) is 12.3. The Balaban J connectivity index is 1.77. The Kier molecular flexibility index (Phi) is 5.00. The van der Waals surface area contributed by atoms with Crippen molar-refractivity contribution in [3.05, 3.63) is 65.5 Å². The molecule has 0 aliphatic carbocycles. The van der Waals surface area contributed by atoms with Crippen LogP contribution in [0.3, 0.4) is 0 Å². The molecule has 7 heteroatoms. The number of carbonyl (C=O) groups is 1. The van der Waals surface area contributed by atoms with Crippen molar-refractivity contribution in [3.8, 4) is 16.9 Å². The van der Waals surface area contributed by atoms with Crippen LogP contribution in [0.15, 0.2) is 48.8 Å². The average Bonchev–Trinajstić information content (AvgIpc) is 3.32. The minimum Gasteiger partial charge on any atom is -0.493 e. The van der Waals surface area contributed by atoms with E-state index in [0.29, 0.717) is 13.0 Å². The van der Waals surface area contributed by atoms with Crippen LogP contribution in [0.2, 0.25) is 0 Å². The highest BCUT2D eigenvalue weighted by Crippen LogP contribution is 2.46. The van der Waals surface area contributed by atoms with Crippen LogP contribution in [0.5, 0.6) is 5.75 Å². The third kappa shape index (κ3) is 3.49. The molecule has 6 rings (SSSR count). The molecule has 7 nitrogen and oxygen atoms in total. The molecule has 3 aromatic heterocycles. The van der Waals surface area contributed by atoms with Crippen LogP contribution in [0.4, 0.5) is 0 Å². The normalized spacial score (nSPS) is 14.3. The Morgan fingerprint density at radius 1 is 1.19 bits per heavy atom. The standard InChI is InChI=1S/C29H28N4O3/c1-16-13-22-19(6-5-18-15-31-32-33(18)22)26(24(16)21(28(34)35)14-29(2,3)4)20-7-8-23-25-17(10-12-36-23)9-11-30-27(20)25/h5-9,11,13,15,21H,10,12,14H2,1-4H3,(H,34,35)/t21-/m0/s1. The van der Waals surface area contributed by atoms with Crippen molar-refractivity contribution in [3.63, 3.8) is 0 Å². The molecule has 4 heterocycles. The van der Waals surface area contributed by atoms with Crippen molar-refractivity contribution in [1.29, 1.82) is 0 Å². The molecule has 0 fully saturated rings. The smallest absolute Gasteiger partial charge is 0.311 e. The molecule has 36 heavy (non-hydrogen) atoms. The summed E-state index contributed by atoms with van der Waals surface area (Å²) in [6.45, 7) is 8.88. The van der Waals surface area contributed by atoms with Gasteiger partial charge < -0.3 is 9.84 Å². The maximum atomic E-state index is 12.8. The van der Waals surface area contributed by atoms with Gasteiger partial charge in [0.25, 0.3) is 0 Å². The van der Waals surface area contributed by atoms with Crippen LogP contribution in [0.25, 0.3) is 38.4 Å². The summed E-state index contributed by atoms with van der Waals surface area (Å²) in [5.74, 6) is -0.683. The lowest BCUT2D eigenvalue weighted by molar-refractivity contribution is -0.139. The monoisotopic (exact) mass is 480 g/mol. The van der Waals surface area contributed by atoms with E-state index in [0.717, 1.165) is 61.7 Å². The van der Waals surface area contributed by atoms with Crippen LogP contribution in [-0.2, 0) is 11.2 Å². The molecule has 5 aromatic rings. The molecule has 2 aromatic carbocycles. The summed E-state index contributed by atoms with van der Waals surface area (Å²) in [6, 6.07) is 12.1. The second kappa shape index (κ2) is 8.01. The summed E-state index contributed by atoms with van der Waals surface area (Å²) < 4.78 is 7.79. The number of rotatable bonds is 4. The maximum absolute atomic E-state index is 12.8. The maximum Gasteiger partial charge on any atom is 0.311 e. The number of fused-ring (bicyclic) bond motifs is 3. The van der Waals surface area contributed by atoms with Gasteiger partial charge in [0.05, 0.1) is 35.3 Å². The van der Waals surface area contributed by atoms with Gasteiger partial charge in [-0.05, 0) is 77.4 Å². The van der Waals surface area contributed by atoms with Gasteiger partial charge in [-0.25, -0.2) is 4.52 Å². The second-order valence-corrected chi connectivity index (χ2v) is 10.9. The number of nitrogens with zero attached hydrogens (tertiary/aromatic N) is 4. The molecule has 1 atom stereocenters. The fourth-order valence-corrected chi connectivity index (χ4v) is 5.66. The summed E-state index contributed by atoms with van der Waals surface area (Å²) in [4.78, 5) is 17.6. The predicted molar refractivity (Wildman–Crippen MR) is 140 cm³/mol. The summed E-state index contributed by atoms with van der Waals surface area (Å²) in [7, 11) is 0. The zero-order chi connectivity index (χ0) is 25.2. The quantitative estimate of drug-likeness (QED) is 0.342. The van der Waals surface area contributed by atoms with Gasteiger partial charge in [-0.2, -0.15) is 0 Å². The molecule has 0 saturated carbocycles. The van der Waals surface area contributed by atoms with E-state index in [1.165, 1.54) is 5.56 Å². The van der Waals surface area contributed by atoms with Crippen molar-refractivity contribution in [2.75, 3.05) is 6.61 Å². The van der Waals surface area contributed by atoms with Gasteiger partial charge in [0, 0.05) is 29.0 Å². The first kappa shape index (κ1) is 22.5. The van der Waals surface area contributed by atoms with Gasteiger partial charge in [0.15, 0.2) is 0 Å². The number of carboxylic acids is 1. The second-order valence-electron chi connectivity index (χ2n) is 10.9. The Labute approximate surface area is 208 Å². The number of benzene rings is 2. The molecule has 0 bridgehead atoms. The molecule has 182 valence electrons. The van der Waals surface area contributed by atoms with Crippen LogP contribution < -0.4 is 4.74 Å². The molecular formula is C29H28N4O3. The summed E-state index contributed by atoms with van der Waals surface area (Å²) in [6.07, 6.45) is 4.89. The third-order valence-electron chi connectivity index (χ3n) is 7.12. The number of ether oxygens (including phenoxy) is 1. The van der Waals surface area contributed by atoms with Crippen LogP contribution >= 0.6 is 0 Å². The van der Waals surface area contributed by atoms with Crippen LogP contribution in [0.1, 0.15) is 49.8 Å². The lowest BCUT2D eigenvalue weighted by Crippen LogP contribution is -2.21. The van der Waals surface area contributed by atoms with Gasteiger partial charge in [-0.3, -0.25) is 9.78 Å². The predicted octanol–water partition coefficient (Wildman–Crippen LogP) is 5.95. The SMILES string of the molecule is Cc1cc2c(ccc3cnnn32)c(-c2ccc3c4c(ccnc24)CCO3)c1[C@H](CC(C)(C)C)C(=O)O. The fraction of sp³-hybridized carbons (Fsp3) is 0.310. The molecule has 0 unspecified atom stereocenters. The minimum atomic E-state index is -0.825. The largest absolute Gasteiger partial charge is 0.493 e. The molecule has 0 radical (unpaired) electrons. The lowest BCUT2D eigenvalue weighted by Gasteiger charge is -2.28. The molecular weight excluding hydrogens is 452 g/mol. The lowest BCUT2D eigenvalue weighted by atomic mass is 9.76. The molecule has 1 aliphatic rings. The Morgan fingerprint density at radius 3 is 2.81 bits per heavy atom. The topological polar surface area (TPSA) is 89.6 Å². The van der Waals surface area contributed by atoms with E-state index < -0.39 is 11.9 Å². The summed E-state index contributed by atoms with van der Waals surface area (Å²) in [5.41, 5.74) is 7.15. The zero-order valence-electron chi connectivity index (χ0n) is 20.9. The van der Waals surface area contributed by atoms with Gasteiger partial charge >= 0.3 is 5.97 Å². The summed E-state index contributed by atoms with van der Waals surface area (Å²) in [5, 5.41) is 20.8. The van der Waals surface area contributed by atoms with Gasteiger partial charge in [-0.15, -0.1) is 5.10 Å². The van der Waals surface area contributed by atoms with Crippen molar-refractivity contribution in [2.24, 2.45) is 5.41 Å². The van der Waals surface area contributed by atoms with Crippen LogP contribution in [0, 0.1) is 12.3 Å².